The highest BCUT2D eigenvalue weighted by Crippen LogP contribution is 2.29. The summed E-state index contributed by atoms with van der Waals surface area (Å²) in [5, 5.41) is 4.27. The van der Waals surface area contributed by atoms with E-state index in [1.165, 1.54) is 26.4 Å². The molecule has 1 rings (SSSR count). The summed E-state index contributed by atoms with van der Waals surface area (Å²) in [6.07, 6.45) is 5.98. The highest BCUT2D eigenvalue weighted by Gasteiger charge is 2.30. The molecule has 0 radical (unpaired) electrons. The predicted molar refractivity (Wildman–Crippen MR) is 68.7 cm³/mol. The number of esters is 1. The van der Waals surface area contributed by atoms with Crippen LogP contribution in [-0.2, 0) is 9.53 Å². The average Bonchev–Trinajstić information content (AvgIpc) is 2.74. The molecule has 16 heavy (non-hydrogen) atoms. The van der Waals surface area contributed by atoms with Crippen molar-refractivity contribution in [1.82, 2.24) is 5.32 Å². The summed E-state index contributed by atoms with van der Waals surface area (Å²) in [4.78, 5) is 11.4. The average molecular weight is 245 g/mol. The molecule has 1 N–H and O–H groups in total. The molecule has 4 atom stereocenters. The molecule has 0 spiro atoms. The largest absolute Gasteiger partial charge is 0.469 e. The van der Waals surface area contributed by atoms with Crippen LogP contribution in [0, 0.1) is 5.92 Å². The first kappa shape index (κ1) is 13.8. The lowest BCUT2D eigenvalue weighted by atomic mass is 10.0. The van der Waals surface area contributed by atoms with Gasteiger partial charge in [-0.2, -0.15) is 11.8 Å². The number of methoxy groups -OCH3 is 1. The van der Waals surface area contributed by atoms with Crippen molar-refractivity contribution in [3.8, 4) is 0 Å². The number of ether oxygens (including phenoxy) is 1. The molecule has 1 aliphatic rings. The van der Waals surface area contributed by atoms with Crippen molar-refractivity contribution in [3.05, 3.63) is 0 Å². The lowest BCUT2D eigenvalue weighted by Gasteiger charge is -2.26. The summed E-state index contributed by atoms with van der Waals surface area (Å²) < 4.78 is 4.77. The zero-order valence-corrected chi connectivity index (χ0v) is 11.5. The second-order valence-electron chi connectivity index (χ2n) is 4.58. The van der Waals surface area contributed by atoms with E-state index in [0.717, 1.165) is 0 Å². The fraction of sp³-hybridized carbons (Fsp3) is 0.917. The summed E-state index contributed by atoms with van der Waals surface area (Å²) in [6.45, 7) is 3.99. The van der Waals surface area contributed by atoms with Crippen LogP contribution in [0.2, 0.25) is 0 Å². The number of carbonyl (C=O) groups is 1. The van der Waals surface area contributed by atoms with Gasteiger partial charge in [0.15, 0.2) is 0 Å². The molecule has 3 nitrogen and oxygen atoms in total. The minimum absolute atomic E-state index is 0.0758. The van der Waals surface area contributed by atoms with Crippen molar-refractivity contribution in [3.63, 3.8) is 0 Å². The Labute approximate surface area is 103 Å². The van der Waals surface area contributed by atoms with Crippen molar-refractivity contribution in [2.75, 3.05) is 13.4 Å². The Hall–Kier alpha value is -0.220. The van der Waals surface area contributed by atoms with Crippen LogP contribution in [0.15, 0.2) is 0 Å². The summed E-state index contributed by atoms with van der Waals surface area (Å²) in [5.74, 6) is -0.202. The zero-order valence-electron chi connectivity index (χ0n) is 10.7. The fourth-order valence-electron chi connectivity index (χ4n) is 2.27. The molecule has 0 bridgehead atoms. The zero-order chi connectivity index (χ0) is 12.1. The first-order chi connectivity index (χ1) is 7.60. The highest BCUT2D eigenvalue weighted by molar-refractivity contribution is 7.99. The Morgan fingerprint density at radius 3 is 2.69 bits per heavy atom. The molecule has 1 fully saturated rings. The van der Waals surface area contributed by atoms with Crippen molar-refractivity contribution in [1.29, 1.82) is 0 Å². The van der Waals surface area contributed by atoms with Gasteiger partial charge in [-0.15, -0.1) is 0 Å². The summed E-state index contributed by atoms with van der Waals surface area (Å²) >= 11 is 1.93. The monoisotopic (exact) mass is 245 g/mol. The maximum absolute atomic E-state index is 11.4. The first-order valence-electron chi connectivity index (χ1n) is 5.96. The Bertz CT molecular complexity index is 235. The van der Waals surface area contributed by atoms with Gasteiger partial charge in [0.25, 0.3) is 0 Å². The molecule has 0 saturated heterocycles. The van der Waals surface area contributed by atoms with E-state index in [0.29, 0.717) is 11.3 Å². The van der Waals surface area contributed by atoms with Crippen LogP contribution >= 0.6 is 11.8 Å². The minimum atomic E-state index is -0.126. The molecule has 0 aromatic rings. The maximum Gasteiger partial charge on any atom is 0.309 e. The predicted octanol–water partition coefficient (Wildman–Crippen LogP) is 2.06. The number of hydrogen-bond donors (Lipinski definition) is 1. The van der Waals surface area contributed by atoms with Crippen molar-refractivity contribution in [2.45, 2.75) is 50.4 Å². The van der Waals surface area contributed by atoms with Gasteiger partial charge in [-0.25, -0.2) is 0 Å². The van der Waals surface area contributed by atoms with E-state index < -0.39 is 0 Å². The third-order valence-corrected chi connectivity index (χ3v) is 4.72. The molecule has 0 aromatic carbocycles. The minimum Gasteiger partial charge on any atom is -0.469 e. The Morgan fingerprint density at radius 2 is 2.12 bits per heavy atom. The van der Waals surface area contributed by atoms with Crippen LogP contribution in [0.3, 0.4) is 0 Å². The van der Waals surface area contributed by atoms with Crippen LogP contribution in [-0.4, -0.2) is 36.7 Å². The normalized spacial score (nSPS) is 28.8. The van der Waals surface area contributed by atoms with Gasteiger partial charge in [0, 0.05) is 17.3 Å². The van der Waals surface area contributed by atoms with E-state index in [1.54, 1.807) is 0 Å². The van der Waals surface area contributed by atoms with Gasteiger partial charge >= 0.3 is 5.97 Å². The summed E-state index contributed by atoms with van der Waals surface area (Å²) in [7, 11) is 1.45. The number of carbonyl (C=O) groups excluding carboxylic acids is 1. The number of nitrogens with one attached hydrogen (secondary N) is 1. The topological polar surface area (TPSA) is 38.3 Å². The Morgan fingerprint density at radius 1 is 1.44 bits per heavy atom. The summed E-state index contributed by atoms with van der Waals surface area (Å²) in [5.41, 5.74) is 0. The Kier molecular flexibility index (Phi) is 5.62. The first-order valence-corrected chi connectivity index (χ1v) is 7.25. The van der Waals surface area contributed by atoms with Gasteiger partial charge in [-0.05, 0) is 26.0 Å². The SMILES string of the molecule is COC(=O)C(C)C(C)NC1CCCC1SC. The quantitative estimate of drug-likeness (QED) is 0.752. The second-order valence-corrected chi connectivity index (χ2v) is 5.66. The van der Waals surface area contributed by atoms with Crippen LogP contribution in [0.5, 0.6) is 0 Å². The molecule has 4 heteroatoms. The summed E-state index contributed by atoms with van der Waals surface area (Å²) in [6, 6.07) is 0.738. The standard InChI is InChI=1S/C12H23NO2S/c1-8(12(14)15-3)9(2)13-10-6-5-7-11(10)16-4/h8-11,13H,5-7H2,1-4H3. The van der Waals surface area contributed by atoms with Gasteiger partial charge < -0.3 is 10.1 Å². The molecule has 4 unspecified atom stereocenters. The fourth-order valence-corrected chi connectivity index (χ4v) is 3.22. The molecule has 0 aromatic heterocycles. The molecule has 1 saturated carbocycles. The molecule has 1 aliphatic carbocycles. The lowest BCUT2D eigenvalue weighted by molar-refractivity contribution is -0.145. The van der Waals surface area contributed by atoms with Gasteiger partial charge in [-0.3, -0.25) is 4.79 Å². The van der Waals surface area contributed by atoms with E-state index in [9.17, 15) is 4.79 Å². The molecule has 0 heterocycles. The number of rotatable bonds is 5. The number of hydrogen-bond acceptors (Lipinski definition) is 4. The van der Waals surface area contributed by atoms with Crippen molar-refractivity contribution >= 4 is 17.7 Å². The van der Waals surface area contributed by atoms with Crippen LogP contribution in [0.25, 0.3) is 0 Å². The third-order valence-electron chi connectivity index (χ3n) is 3.56. The third kappa shape index (κ3) is 3.39. The van der Waals surface area contributed by atoms with Gasteiger partial charge in [0.2, 0.25) is 0 Å². The van der Waals surface area contributed by atoms with E-state index >= 15 is 0 Å². The smallest absolute Gasteiger partial charge is 0.309 e. The Balaban J connectivity index is 2.44. The van der Waals surface area contributed by atoms with Crippen LogP contribution < -0.4 is 5.32 Å². The van der Waals surface area contributed by atoms with Gasteiger partial charge in [0.1, 0.15) is 0 Å². The van der Waals surface area contributed by atoms with Crippen LogP contribution in [0.1, 0.15) is 33.1 Å². The van der Waals surface area contributed by atoms with Crippen molar-refractivity contribution in [2.24, 2.45) is 5.92 Å². The van der Waals surface area contributed by atoms with Crippen molar-refractivity contribution < 1.29 is 9.53 Å². The van der Waals surface area contributed by atoms with E-state index in [4.69, 9.17) is 4.74 Å². The van der Waals surface area contributed by atoms with E-state index in [-0.39, 0.29) is 17.9 Å². The lowest BCUT2D eigenvalue weighted by Crippen LogP contribution is -2.45. The van der Waals surface area contributed by atoms with Gasteiger partial charge in [-0.1, -0.05) is 13.3 Å². The van der Waals surface area contributed by atoms with E-state index in [1.807, 2.05) is 18.7 Å². The highest BCUT2D eigenvalue weighted by atomic mass is 32.2. The molecular weight excluding hydrogens is 222 g/mol. The van der Waals surface area contributed by atoms with Gasteiger partial charge in [0.05, 0.1) is 13.0 Å². The van der Waals surface area contributed by atoms with E-state index in [2.05, 4.69) is 18.5 Å². The van der Waals surface area contributed by atoms with Crippen LogP contribution in [0.4, 0.5) is 0 Å². The molecular formula is C12H23NO2S. The maximum atomic E-state index is 11.4. The second kappa shape index (κ2) is 6.50. The number of thioether (sulfide) groups is 1. The molecule has 94 valence electrons. The molecule has 0 amide bonds. The molecule has 0 aliphatic heterocycles.